The van der Waals surface area contributed by atoms with E-state index in [4.69, 9.17) is 18.9 Å². The van der Waals surface area contributed by atoms with Crippen LogP contribution in [0, 0.1) is 13.8 Å². The van der Waals surface area contributed by atoms with Crippen LogP contribution in [0.5, 0.6) is 0 Å². The van der Waals surface area contributed by atoms with Gasteiger partial charge in [-0.15, -0.1) is 0 Å². The first-order valence-corrected chi connectivity index (χ1v) is 11.1. The quantitative estimate of drug-likeness (QED) is 0.551. The van der Waals surface area contributed by atoms with E-state index in [1.165, 1.54) is 16.8 Å². The fraction of sp³-hybridized carbons (Fsp3) is 0.440. The maximum Gasteiger partial charge on any atom is 0.305 e. The number of carbonyl (C=O) groups excluding carboxylic acids is 2. The molecule has 1 aliphatic heterocycles. The van der Waals surface area contributed by atoms with Crippen LogP contribution in [0.4, 0.5) is 0 Å². The second-order valence-corrected chi connectivity index (χ2v) is 8.08. The highest BCUT2D eigenvalue weighted by molar-refractivity contribution is 5.72. The van der Waals surface area contributed by atoms with Crippen LogP contribution in [0.1, 0.15) is 42.5 Å². The normalized spacial score (nSPS) is 17.1. The van der Waals surface area contributed by atoms with Crippen molar-refractivity contribution in [1.29, 1.82) is 0 Å². The summed E-state index contributed by atoms with van der Waals surface area (Å²) in [5.74, 6) is 0.835. The van der Waals surface area contributed by atoms with E-state index in [0.717, 1.165) is 23.5 Å². The SMILES string of the molecule is Cc1c(CCOC(=O)CCCC(=O)OCC2COC3=CCC=C3O2)c2ccccn2c1C. The number of ether oxygens (including phenoxy) is 4. The zero-order valence-electron chi connectivity index (χ0n) is 18.6. The molecule has 32 heavy (non-hydrogen) atoms. The Morgan fingerprint density at radius 2 is 1.88 bits per heavy atom. The van der Waals surface area contributed by atoms with Crippen molar-refractivity contribution in [2.75, 3.05) is 19.8 Å². The largest absolute Gasteiger partial charge is 0.486 e. The molecule has 1 unspecified atom stereocenters. The number of nitrogens with zero attached hydrogens (tertiary/aromatic N) is 1. The molecule has 0 saturated carbocycles. The first-order valence-electron chi connectivity index (χ1n) is 11.1. The van der Waals surface area contributed by atoms with Gasteiger partial charge in [0.1, 0.15) is 13.2 Å². The Kier molecular flexibility index (Phi) is 6.83. The third-order valence-corrected chi connectivity index (χ3v) is 5.90. The third kappa shape index (κ3) is 4.98. The van der Waals surface area contributed by atoms with E-state index in [2.05, 4.69) is 24.3 Å². The minimum absolute atomic E-state index is 0.137. The van der Waals surface area contributed by atoms with Gasteiger partial charge in [0.2, 0.25) is 0 Å². The average Bonchev–Trinajstić information content (AvgIpc) is 3.36. The van der Waals surface area contributed by atoms with Crippen LogP contribution in [0.2, 0.25) is 0 Å². The lowest BCUT2D eigenvalue weighted by Gasteiger charge is -2.26. The smallest absolute Gasteiger partial charge is 0.305 e. The van der Waals surface area contributed by atoms with Crippen molar-refractivity contribution in [2.45, 2.75) is 52.1 Å². The van der Waals surface area contributed by atoms with Crippen LogP contribution in [0.3, 0.4) is 0 Å². The standard InChI is InChI=1S/C25H29NO6/c1-17-18(2)26-13-4-3-7-21(26)20(17)12-14-29-24(27)10-6-11-25(28)31-16-19-15-30-22-8-5-9-23(22)32-19/h3-4,7-9,13,19H,5-6,10-12,14-16H2,1-2H3. The van der Waals surface area contributed by atoms with Crippen molar-refractivity contribution in [3.8, 4) is 0 Å². The van der Waals surface area contributed by atoms with E-state index in [9.17, 15) is 9.59 Å². The molecule has 1 atom stereocenters. The summed E-state index contributed by atoms with van der Waals surface area (Å²) in [5, 5.41) is 0. The van der Waals surface area contributed by atoms with Crippen molar-refractivity contribution in [3.05, 3.63) is 64.9 Å². The van der Waals surface area contributed by atoms with Gasteiger partial charge in [0.15, 0.2) is 17.6 Å². The van der Waals surface area contributed by atoms with Crippen LogP contribution in [-0.2, 0) is 35.0 Å². The first-order chi connectivity index (χ1) is 15.5. The molecule has 0 N–H and O–H groups in total. The van der Waals surface area contributed by atoms with Gasteiger partial charge in [-0.2, -0.15) is 0 Å². The highest BCUT2D eigenvalue weighted by atomic mass is 16.6. The number of aromatic nitrogens is 1. The maximum absolute atomic E-state index is 12.1. The van der Waals surface area contributed by atoms with Crippen LogP contribution in [0.15, 0.2) is 48.1 Å². The van der Waals surface area contributed by atoms with Gasteiger partial charge in [-0.05, 0) is 62.1 Å². The number of hydrogen-bond acceptors (Lipinski definition) is 6. The summed E-state index contributed by atoms with van der Waals surface area (Å²) in [6.45, 7) is 5.00. The molecule has 7 nitrogen and oxygen atoms in total. The molecule has 2 aromatic heterocycles. The first kappa shape index (κ1) is 22.0. The average molecular weight is 440 g/mol. The fourth-order valence-electron chi connectivity index (χ4n) is 4.05. The number of fused-ring (bicyclic) bond motifs is 2. The number of rotatable bonds is 9. The molecule has 0 spiro atoms. The monoisotopic (exact) mass is 439 g/mol. The summed E-state index contributed by atoms with van der Waals surface area (Å²) in [6.07, 6.45) is 7.85. The van der Waals surface area contributed by atoms with E-state index >= 15 is 0 Å². The molecule has 0 bridgehead atoms. The van der Waals surface area contributed by atoms with Gasteiger partial charge in [-0.3, -0.25) is 9.59 Å². The second kappa shape index (κ2) is 9.94. The molecule has 2 aromatic rings. The molecular weight excluding hydrogens is 410 g/mol. The van der Waals surface area contributed by atoms with Gasteiger partial charge in [-0.1, -0.05) is 6.07 Å². The zero-order valence-corrected chi connectivity index (χ0v) is 18.6. The summed E-state index contributed by atoms with van der Waals surface area (Å²) in [7, 11) is 0. The van der Waals surface area contributed by atoms with E-state index in [1.54, 1.807) is 0 Å². The summed E-state index contributed by atoms with van der Waals surface area (Å²) in [5.41, 5.74) is 4.76. The molecule has 1 fully saturated rings. The van der Waals surface area contributed by atoms with Crippen molar-refractivity contribution in [2.24, 2.45) is 0 Å². The summed E-state index contributed by atoms with van der Waals surface area (Å²) in [4.78, 5) is 24.0. The van der Waals surface area contributed by atoms with Crippen LogP contribution < -0.4 is 0 Å². The Morgan fingerprint density at radius 3 is 2.72 bits per heavy atom. The molecule has 0 radical (unpaired) electrons. The topological polar surface area (TPSA) is 75.5 Å². The molecule has 3 heterocycles. The lowest BCUT2D eigenvalue weighted by atomic mass is 10.1. The van der Waals surface area contributed by atoms with Crippen molar-refractivity contribution in [3.63, 3.8) is 0 Å². The highest BCUT2D eigenvalue weighted by Gasteiger charge is 2.26. The van der Waals surface area contributed by atoms with Gasteiger partial charge in [-0.25, -0.2) is 0 Å². The van der Waals surface area contributed by atoms with Crippen LogP contribution in [-0.4, -0.2) is 42.3 Å². The highest BCUT2D eigenvalue weighted by Crippen LogP contribution is 2.27. The van der Waals surface area contributed by atoms with Gasteiger partial charge in [0.25, 0.3) is 0 Å². The maximum atomic E-state index is 12.1. The van der Waals surface area contributed by atoms with Gasteiger partial charge in [0, 0.05) is 36.7 Å². The molecule has 1 saturated heterocycles. The molecule has 1 aliphatic carbocycles. The van der Waals surface area contributed by atoms with E-state index < -0.39 is 0 Å². The number of aryl methyl sites for hydroxylation is 1. The van der Waals surface area contributed by atoms with Gasteiger partial charge < -0.3 is 23.3 Å². The van der Waals surface area contributed by atoms with Crippen LogP contribution in [0.25, 0.3) is 5.52 Å². The Balaban J connectivity index is 1.12. The summed E-state index contributed by atoms with van der Waals surface area (Å²) in [6, 6.07) is 6.09. The number of allylic oxidation sites excluding steroid dienone is 2. The lowest BCUT2D eigenvalue weighted by Crippen LogP contribution is -2.31. The number of esters is 2. The Bertz CT molecular complexity index is 1060. The van der Waals surface area contributed by atoms with Gasteiger partial charge in [0.05, 0.1) is 6.61 Å². The van der Waals surface area contributed by atoms with Crippen molar-refractivity contribution < 1.29 is 28.5 Å². The third-order valence-electron chi connectivity index (χ3n) is 5.90. The number of hydrogen-bond donors (Lipinski definition) is 0. The Labute approximate surface area is 187 Å². The predicted molar refractivity (Wildman–Crippen MR) is 118 cm³/mol. The van der Waals surface area contributed by atoms with Crippen LogP contribution >= 0.6 is 0 Å². The summed E-state index contributed by atoms with van der Waals surface area (Å²) >= 11 is 0. The van der Waals surface area contributed by atoms with E-state index in [1.807, 2.05) is 30.5 Å². The molecule has 0 amide bonds. The molecule has 170 valence electrons. The van der Waals surface area contributed by atoms with E-state index in [0.29, 0.717) is 26.1 Å². The fourth-order valence-corrected chi connectivity index (χ4v) is 4.05. The minimum Gasteiger partial charge on any atom is -0.486 e. The van der Waals surface area contributed by atoms with E-state index in [-0.39, 0.29) is 37.5 Å². The molecule has 4 rings (SSSR count). The molecular formula is C25H29NO6. The van der Waals surface area contributed by atoms with Crippen molar-refractivity contribution in [1.82, 2.24) is 4.40 Å². The zero-order chi connectivity index (χ0) is 22.5. The molecule has 0 aromatic carbocycles. The molecule has 2 aliphatic rings. The second-order valence-electron chi connectivity index (χ2n) is 8.08. The number of pyridine rings is 1. The minimum atomic E-state index is -0.352. The molecule has 7 heteroatoms. The summed E-state index contributed by atoms with van der Waals surface area (Å²) < 4.78 is 24.1. The predicted octanol–water partition coefficient (Wildman–Crippen LogP) is 3.94. The lowest BCUT2D eigenvalue weighted by molar-refractivity contribution is -0.149. The number of carbonyl (C=O) groups is 2. The van der Waals surface area contributed by atoms with Gasteiger partial charge >= 0.3 is 11.9 Å². The Hall–Kier alpha value is -3.22. The Morgan fingerprint density at radius 1 is 1.09 bits per heavy atom. The van der Waals surface area contributed by atoms with Crippen molar-refractivity contribution >= 4 is 17.5 Å².